The van der Waals surface area contributed by atoms with E-state index in [1.165, 1.54) is 18.1 Å². The number of methoxy groups -OCH3 is 1. The van der Waals surface area contributed by atoms with Gasteiger partial charge in [-0.15, -0.1) is 0 Å². The molecule has 13 heteroatoms. The number of phenolic OH excluding ortho intramolecular Hbond substituents is 1. The predicted octanol–water partition coefficient (Wildman–Crippen LogP) is 1.37. The summed E-state index contributed by atoms with van der Waals surface area (Å²) in [5.41, 5.74) is 2.33. The van der Waals surface area contributed by atoms with E-state index in [4.69, 9.17) is 10.5 Å². The summed E-state index contributed by atoms with van der Waals surface area (Å²) >= 11 is 0. The Morgan fingerprint density at radius 3 is 2.24 bits per heavy atom. The summed E-state index contributed by atoms with van der Waals surface area (Å²) in [6, 6.07) is 8.14. The van der Waals surface area contributed by atoms with Crippen LogP contribution in [0.5, 0.6) is 11.5 Å². The Balaban J connectivity index is 1.54. The van der Waals surface area contributed by atoms with Crippen molar-refractivity contribution in [1.29, 1.82) is 0 Å². The Morgan fingerprint density at radius 1 is 1.04 bits per heavy atom. The summed E-state index contributed by atoms with van der Waals surface area (Å²) in [7, 11) is 8.09. The van der Waals surface area contributed by atoms with Crippen molar-refractivity contribution in [3.63, 3.8) is 0 Å². The minimum Gasteiger partial charge on any atom is -0.510 e. The molecule has 0 saturated heterocycles. The Labute approximate surface area is 259 Å². The molecule has 45 heavy (non-hydrogen) atoms. The molecule has 0 aromatic heterocycles. The largest absolute Gasteiger partial charge is 0.510 e. The monoisotopic (exact) mass is 620 g/mol. The fourth-order valence-corrected chi connectivity index (χ4v) is 7.00. The Morgan fingerprint density at radius 2 is 1.69 bits per heavy atom. The summed E-state index contributed by atoms with van der Waals surface area (Å²) in [5, 5.41) is 48.1. The van der Waals surface area contributed by atoms with Crippen LogP contribution in [-0.2, 0) is 20.8 Å². The van der Waals surface area contributed by atoms with Crippen LogP contribution in [0.2, 0.25) is 0 Å². The number of aromatic hydroxyl groups is 1. The molecule has 3 unspecified atom stereocenters. The molecule has 5 atom stereocenters. The average molecular weight is 621 g/mol. The maximum absolute atomic E-state index is 14.0. The lowest BCUT2D eigenvalue weighted by Gasteiger charge is -2.50. The molecule has 13 nitrogen and oxygen atoms in total. The Bertz CT molecular complexity index is 1680. The molecule has 3 aliphatic rings. The van der Waals surface area contributed by atoms with Crippen LogP contribution in [0.4, 0.5) is 5.69 Å². The second-order valence-corrected chi connectivity index (χ2v) is 12.1. The van der Waals surface area contributed by atoms with E-state index in [0.717, 1.165) is 0 Å². The molecule has 0 heterocycles. The van der Waals surface area contributed by atoms with Crippen LogP contribution in [0.25, 0.3) is 0 Å². The van der Waals surface area contributed by atoms with Crippen molar-refractivity contribution in [2.24, 2.45) is 17.6 Å². The third kappa shape index (κ3) is 4.83. The zero-order valence-corrected chi connectivity index (χ0v) is 25.5. The number of likely N-dealkylation sites (N-methyl/N-ethyl adjacent to an activating group) is 2. The van der Waals surface area contributed by atoms with Gasteiger partial charge < -0.3 is 36.2 Å². The number of hydrogen-bond acceptors (Lipinski definition) is 11. The molecular weight excluding hydrogens is 584 g/mol. The number of amides is 2. The lowest BCUT2D eigenvalue weighted by molar-refractivity contribution is -0.148. The van der Waals surface area contributed by atoms with Gasteiger partial charge in [0.15, 0.2) is 17.1 Å². The number of ether oxygens (including phenoxy) is 1. The van der Waals surface area contributed by atoms with Gasteiger partial charge in [0.2, 0.25) is 11.7 Å². The van der Waals surface area contributed by atoms with Crippen LogP contribution in [0.1, 0.15) is 33.9 Å². The van der Waals surface area contributed by atoms with Crippen LogP contribution in [0.15, 0.2) is 59.1 Å². The lowest BCUT2D eigenvalue weighted by Crippen LogP contribution is -2.63. The summed E-state index contributed by atoms with van der Waals surface area (Å²) in [6.07, 6.45) is 0.125. The number of benzene rings is 2. The number of ketones is 2. The first-order valence-electron chi connectivity index (χ1n) is 14.3. The van der Waals surface area contributed by atoms with Gasteiger partial charge in [0, 0.05) is 11.5 Å². The molecule has 3 aliphatic carbocycles. The van der Waals surface area contributed by atoms with Crippen LogP contribution >= 0.6 is 0 Å². The maximum atomic E-state index is 14.0. The van der Waals surface area contributed by atoms with Gasteiger partial charge in [0.05, 0.1) is 24.4 Å². The number of phenols is 1. The SMILES string of the molecule is COc1ccc(C(C(=O)Nc2ccc3c(c2O)C(=O)C2=C(O)[C@]4(O)C(=O)C(C(N)=O)=C(O)[C@@H](N(C)C)C4CC2C3)N(C)C)cc1. The van der Waals surface area contributed by atoms with Gasteiger partial charge in [-0.05, 0) is 76.3 Å². The van der Waals surface area contributed by atoms with Crippen molar-refractivity contribution in [2.75, 3.05) is 40.6 Å². The number of carbonyl (C=O) groups excluding carboxylic acids is 4. The number of nitrogens with one attached hydrogen (secondary N) is 1. The van der Waals surface area contributed by atoms with Gasteiger partial charge in [0.25, 0.3) is 5.91 Å². The highest BCUT2D eigenvalue weighted by atomic mass is 16.5. The van der Waals surface area contributed by atoms with Crippen LogP contribution in [-0.4, -0.2) is 101 Å². The molecule has 238 valence electrons. The van der Waals surface area contributed by atoms with Gasteiger partial charge in [0.1, 0.15) is 28.9 Å². The molecule has 0 aliphatic heterocycles. The Kier molecular flexibility index (Phi) is 7.98. The topological polar surface area (TPSA) is 203 Å². The molecule has 2 aromatic rings. The number of nitrogens with zero attached hydrogens (tertiary/aromatic N) is 2. The molecule has 0 bridgehead atoms. The van der Waals surface area contributed by atoms with Crippen LogP contribution in [0, 0.1) is 11.8 Å². The minimum atomic E-state index is -2.73. The number of rotatable bonds is 7. The molecule has 0 saturated carbocycles. The number of primary amides is 1. The van der Waals surface area contributed by atoms with Crippen molar-refractivity contribution < 1.29 is 44.3 Å². The highest BCUT2D eigenvalue weighted by molar-refractivity contribution is 6.25. The van der Waals surface area contributed by atoms with E-state index in [1.54, 1.807) is 63.4 Å². The molecule has 7 N–H and O–H groups in total. The van der Waals surface area contributed by atoms with Gasteiger partial charge in [-0.2, -0.15) is 0 Å². The van der Waals surface area contributed by atoms with E-state index in [9.17, 15) is 39.6 Å². The van der Waals surface area contributed by atoms with Gasteiger partial charge in [-0.3, -0.25) is 29.0 Å². The van der Waals surface area contributed by atoms with Crippen molar-refractivity contribution in [2.45, 2.75) is 30.5 Å². The second-order valence-electron chi connectivity index (χ2n) is 12.1. The molecular formula is C32H36N4O9. The first-order chi connectivity index (χ1) is 21.1. The molecule has 2 amide bonds. The highest BCUT2D eigenvalue weighted by Crippen LogP contribution is 2.52. The molecule has 0 spiro atoms. The Hall–Kier alpha value is -4.72. The smallest absolute Gasteiger partial charge is 0.255 e. The maximum Gasteiger partial charge on any atom is 0.255 e. The third-order valence-corrected chi connectivity index (χ3v) is 9.05. The van der Waals surface area contributed by atoms with Gasteiger partial charge in [-0.25, -0.2) is 0 Å². The first kappa shape index (κ1) is 31.7. The standard InChI is InChI=1S/C32H36N4O9/c1-35(2)23(14-6-9-17(45-5)10-7-14)31(43)34-19-11-8-15-12-16-13-18-24(36(3)4)27(39)22(30(33)42)29(41)32(18,44)28(40)21(16)26(38)20(15)25(19)37/h6-11,16,18,23-24,37,39-40,44H,12-13H2,1-5H3,(H2,33,42)(H,34,43)/t16?,18?,23?,24-,32-/m0/s1. The fraction of sp³-hybridized carbons (Fsp3) is 0.375. The number of anilines is 1. The normalized spacial score (nSPS) is 25.1. The molecule has 0 radical (unpaired) electrons. The van der Waals surface area contributed by atoms with Gasteiger partial charge in [-0.1, -0.05) is 18.2 Å². The molecule has 2 aromatic carbocycles. The van der Waals surface area contributed by atoms with Crippen molar-refractivity contribution in [3.05, 3.63) is 75.8 Å². The number of fused-ring (bicyclic) bond motifs is 3. The zero-order valence-electron chi connectivity index (χ0n) is 25.5. The lowest BCUT2D eigenvalue weighted by atomic mass is 9.58. The summed E-state index contributed by atoms with van der Waals surface area (Å²) in [6.45, 7) is 0. The van der Waals surface area contributed by atoms with E-state index in [-0.39, 0.29) is 29.7 Å². The number of allylic oxidation sites excluding steroid dienone is 1. The zero-order chi connectivity index (χ0) is 33.1. The number of Topliss-reactive ketones (excluding diaryl/α,β-unsaturated/α-hetero) is 2. The quantitative estimate of drug-likeness (QED) is 0.193. The van der Waals surface area contributed by atoms with E-state index in [0.29, 0.717) is 16.9 Å². The predicted molar refractivity (Wildman–Crippen MR) is 162 cm³/mol. The van der Waals surface area contributed by atoms with Crippen molar-refractivity contribution in [1.82, 2.24) is 9.80 Å². The van der Waals surface area contributed by atoms with E-state index in [1.807, 2.05) is 0 Å². The highest BCUT2D eigenvalue weighted by Gasteiger charge is 2.63. The average Bonchev–Trinajstić information content (AvgIpc) is 2.96. The van der Waals surface area contributed by atoms with Crippen LogP contribution < -0.4 is 15.8 Å². The summed E-state index contributed by atoms with van der Waals surface area (Å²) in [4.78, 5) is 56.2. The number of nitrogens with two attached hydrogens (primary N) is 1. The van der Waals surface area contributed by atoms with Crippen molar-refractivity contribution in [3.8, 4) is 11.5 Å². The fourth-order valence-electron chi connectivity index (χ4n) is 7.00. The van der Waals surface area contributed by atoms with Crippen LogP contribution in [0.3, 0.4) is 0 Å². The number of carbonyl (C=O) groups is 4. The number of aliphatic hydroxyl groups is 3. The summed E-state index contributed by atoms with van der Waals surface area (Å²) < 4.78 is 5.20. The second kappa shape index (κ2) is 11.3. The van der Waals surface area contributed by atoms with Gasteiger partial charge >= 0.3 is 0 Å². The van der Waals surface area contributed by atoms with E-state index >= 15 is 0 Å². The van der Waals surface area contributed by atoms with E-state index < -0.39 is 75.7 Å². The number of aliphatic hydroxyl groups excluding tert-OH is 2. The van der Waals surface area contributed by atoms with Crippen molar-refractivity contribution >= 4 is 29.1 Å². The minimum absolute atomic E-state index is 0.0165. The molecule has 0 fully saturated rings. The molecule has 5 rings (SSSR count). The third-order valence-electron chi connectivity index (χ3n) is 9.05. The number of hydrogen-bond donors (Lipinski definition) is 6. The summed E-state index contributed by atoms with van der Waals surface area (Å²) in [5.74, 6) is -7.25. The first-order valence-corrected chi connectivity index (χ1v) is 14.3. The van der Waals surface area contributed by atoms with E-state index in [2.05, 4.69) is 5.32 Å².